The minimum Gasteiger partial charge on any atom is -0.381 e. The van der Waals surface area contributed by atoms with Crippen LogP contribution < -0.4 is 5.32 Å². The molecule has 0 heterocycles. The SMILES string of the molecule is FC(F)Sc1ccccc1NC1CCc2ccccc2C1. The van der Waals surface area contributed by atoms with Crippen LogP contribution in [0.5, 0.6) is 0 Å². The Hall–Kier alpha value is -1.55. The average molecular weight is 305 g/mol. The smallest absolute Gasteiger partial charge is 0.288 e. The molecule has 3 rings (SSSR count). The standard InChI is InChI=1S/C17H17F2NS/c18-17(19)21-16-8-4-3-7-15(16)20-14-10-9-12-5-1-2-6-13(12)11-14/h1-8,14,17,20H,9-11H2. The number of hydrogen-bond acceptors (Lipinski definition) is 2. The molecule has 0 radical (unpaired) electrons. The normalized spacial score (nSPS) is 17.6. The fraction of sp³-hybridized carbons (Fsp3) is 0.294. The molecule has 0 bridgehead atoms. The fourth-order valence-electron chi connectivity index (χ4n) is 2.83. The predicted molar refractivity (Wildman–Crippen MR) is 84.2 cm³/mol. The number of nitrogens with one attached hydrogen (secondary N) is 1. The van der Waals surface area contributed by atoms with Gasteiger partial charge >= 0.3 is 0 Å². The maximum Gasteiger partial charge on any atom is 0.288 e. The molecule has 1 N–H and O–H groups in total. The van der Waals surface area contributed by atoms with Gasteiger partial charge in [0.25, 0.3) is 5.76 Å². The van der Waals surface area contributed by atoms with Crippen LogP contribution in [0.2, 0.25) is 0 Å². The van der Waals surface area contributed by atoms with E-state index in [1.165, 1.54) is 11.1 Å². The first-order valence-electron chi connectivity index (χ1n) is 7.09. The Kier molecular flexibility index (Phi) is 4.44. The van der Waals surface area contributed by atoms with Crippen LogP contribution in [0.4, 0.5) is 14.5 Å². The van der Waals surface area contributed by atoms with E-state index >= 15 is 0 Å². The van der Waals surface area contributed by atoms with Crippen LogP contribution in [-0.2, 0) is 12.8 Å². The summed E-state index contributed by atoms with van der Waals surface area (Å²) in [5.41, 5.74) is 3.58. The summed E-state index contributed by atoms with van der Waals surface area (Å²) in [5.74, 6) is -2.39. The number of benzene rings is 2. The summed E-state index contributed by atoms with van der Waals surface area (Å²) in [6, 6.07) is 16.1. The van der Waals surface area contributed by atoms with Crippen molar-refractivity contribution in [2.75, 3.05) is 5.32 Å². The van der Waals surface area contributed by atoms with Crippen molar-refractivity contribution in [3.63, 3.8) is 0 Å². The number of para-hydroxylation sites is 1. The second-order valence-electron chi connectivity index (χ2n) is 5.23. The Bertz CT molecular complexity index is 615. The van der Waals surface area contributed by atoms with Gasteiger partial charge in [-0.3, -0.25) is 0 Å². The number of aryl methyl sites for hydroxylation is 1. The monoisotopic (exact) mass is 305 g/mol. The van der Waals surface area contributed by atoms with E-state index < -0.39 is 5.76 Å². The molecule has 0 amide bonds. The lowest BCUT2D eigenvalue weighted by Gasteiger charge is -2.27. The minimum absolute atomic E-state index is 0.305. The zero-order chi connectivity index (χ0) is 14.7. The van der Waals surface area contributed by atoms with Gasteiger partial charge in [0.2, 0.25) is 0 Å². The molecule has 1 atom stereocenters. The van der Waals surface area contributed by atoms with Crippen LogP contribution in [0.15, 0.2) is 53.4 Å². The lowest BCUT2D eigenvalue weighted by Crippen LogP contribution is -2.27. The Morgan fingerprint density at radius 2 is 1.71 bits per heavy atom. The maximum atomic E-state index is 12.6. The molecule has 1 aliphatic carbocycles. The summed E-state index contributed by atoms with van der Waals surface area (Å²) in [6.07, 6.45) is 3.02. The molecule has 0 aliphatic heterocycles. The van der Waals surface area contributed by atoms with Gasteiger partial charge in [-0.2, -0.15) is 8.78 Å². The number of hydrogen-bond donors (Lipinski definition) is 1. The topological polar surface area (TPSA) is 12.0 Å². The fourth-order valence-corrected chi connectivity index (χ4v) is 3.43. The van der Waals surface area contributed by atoms with Crippen molar-refractivity contribution in [1.29, 1.82) is 0 Å². The van der Waals surface area contributed by atoms with E-state index in [4.69, 9.17) is 0 Å². The van der Waals surface area contributed by atoms with E-state index in [2.05, 4.69) is 29.6 Å². The Labute approximate surface area is 127 Å². The van der Waals surface area contributed by atoms with Crippen LogP contribution >= 0.6 is 11.8 Å². The summed E-state index contributed by atoms with van der Waals surface area (Å²) in [5, 5.41) is 3.44. The van der Waals surface area contributed by atoms with Crippen molar-refractivity contribution in [3.8, 4) is 0 Å². The summed E-state index contributed by atoms with van der Waals surface area (Å²) >= 11 is 0.603. The van der Waals surface area contributed by atoms with E-state index in [9.17, 15) is 8.78 Å². The van der Waals surface area contributed by atoms with Crippen LogP contribution in [0.1, 0.15) is 17.5 Å². The molecule has 2 aromatic carbocycles. The molecule has 0 saturated carbocycles. The molecule has 21 heavy (non-hydrogen) atoms. The van der Waals surface area contributed by atoms with Crippen molar-refractivity contribution < 1.29 is 8.78 Å². The molecule has 110 valence electrons. The molecular weight excluding hydrogens is 288 g/mol. The van der Waals surface area contributed by atoms with Crippen LogP contribution in [0.25, 0.3) is 0 Å². The second-order valence-corrected chi connectivity index (χ2v) is 6.26. The summed E-state index contributed by atoms with van der Waals surface area (Å²) in [4.78, 5) is 0.617. The number of fused-ring (bicyclic) bond motifs is 1. The highest BCUT2D eigenvalue weighted by Gasteiger charge is 2.19. The highest BCUT2D eigenvalue weighted by Crippen LogP contribution is 2.33. The molecule has 4 heteroatoms. The van der Waals surface area contributed by atoms with E-state index in [1.807, 2.05) is 12.1 Å². The molecule has 0 saturated heterocycles. The van der Waals surface area contributed by atoms with Gasteiger partial charge in [0.1, 0.15) is 0 Å². The van der Waals surface area contributed by atoms with Crippen LogP contribution in [-0.4, -0.2) is 11.8 Å². The molecule has 1 aliphatic rings. The van der Waals surface area contributed by atoms with Crippen molar-refractivity contribution in [2.45, 2.75) is 36.0 Å². The maximum absolute atomic E-state index is 12.6. The molecule has 1 unspecified atom stereocenters. The van der Waals surface area contributed by atoms with E-state index in [1.54, 1.807) is 12.1 Å². The Morgan fingerprint density at radius 3 is 2.52 bits per heavy atom. The minimum atomic E-state index is -2.39. The van der Waals surface area contributed by atoms with Crippen molar-refractivity contribution in [2.24, 2.45) is 0 Å². The van der Waals surface area contributed by atoms with Gasteiger partial charge in [-0.15, -0.1) is 0 Å². The van der Waals surface area contributed by atoms with E-state index in [-0.39, 0.29) is 0 Å². The van der Waals surface area contributed by atoms with Crippen molar-refractivity contribution in [3.05, 3.63) is 59.7 Å². The van der Waals surface area contributed by atoms with E-state index in [0.29, 0.717) is 22.7 Å². The number of halogens is 2. The predicted octanol–water partition coefficient (Wildman–Crippen LogP) is 4.97. The number of anilines is 1. The summed E-state index contributed by atoms with van der Waals surface area (Å²) < 4.78 is 25.2. The average Bonchev–Trinajstić information content (AvgIpc) is 2.49. The Morgan fingerprint density at radius 1 is 1.00 bits per heavy atom. The van der Waals surface area contributed by atoms with Crippen molar-refractivity contribution >= 4 is 17.4 Å². The van der Waals surface area contributed by atoms with Crippen LogP contribution in [0, 0.1) is 0 Å². The zero-order valence-electron chi connectivity index (χ0n) is 11.6. The largest absolute Gasteiger partial charge is 0.381 e. The molecule has 0 spiro atoms. The lowest BCUT2D eigenvalue weighted by atomic mass is 9.88. The quantitative estimate of drug-likeness (QED) is 0.800. The van der Waals surface area contributed by atoms with Gasteiger partial charge < -0.3 is 5.32 Å². The summed E-state index contributed by atoms with van der Waals surface area (Å²) in [6.45, 7) is 0. The van der Waals surface area contributed by atoms with Gasteiger partial charge in [0.05, 0.1) is 0 Å². The highest BCUT2D eigenvalue weighted by molar-refractivity contribution is 7.99. The van der Waals surface area contributed by atoms with E-state index in [0.717, 1.165) is 24.9 Å². The van der Waals surface area contributed by atoms with Gasteiger partial charge in [-0.1, -0.05) is 48.2 Å². The summed E-state index contributed by atoms with van der Waals surface area (Å²) in [7, 11) is 0. The lowest BCUT2D eigenvalue weighted by molar-refractivity contribution is 0.252. The van der Waals surface area contributed by atoms with Gasteiger partial charge in [0.15, 0.2) is 0 Å². The van der Waals surface area contributed by atoms with Crippen molar-refractivity contribution in [1.82, 2.24) is 0 Å². The number of rotatable bonds is 4. The number of thioether (sulfide) groups is 1. The third-order valence-corrected chi connectivity index (χ3v) is 4.60. The molecular formula is C17H17F2NS. The first kappa shape index (κ1) is 14.4. The molecule has 0 fully saturated rings. The molecule has 1 nitrogen and oxygen atoms in total. The van der Waals surface area contributed by atoms with Gasteiger partial charge in [-0.25, -0.2) is 0 Å². The molecule has 2 aromatic rings. The van der Waals surface area contributed by atoms with Crippen LogP contribution in [0.3, 0.4) is 0 Å². The Balaban J connectivity index is 1.73. The zero-order valence-corrected chi connectivity index (χ0v) is 12.4. The first-order valence-corrected chi connectivity index (χ1v) is 7.97. The van der Waals surface area contributed by atoms with Gasteiger partial charge in [-0.05, 0) is 42.5 Å². The first-order chi connectivity index (χ1) is 10.2. The third-order valence-electron chi connectivity index (χ3n) is 3.81. The second kappa shape index (κ2) is 6.48. The molecule has 0 aromatic heterocycles. The third kappa shape index (κ3) is 3.56. The number of alkyl halides is 2. The highest BCUT2D eigenvalue weighted by atomic mass is 32.2. The van der Waals surface area contributed by atoms with Gasteiger partial charge in [0, 0.05) is 16.6 Å².